The van der Waals surface area contributed by atoms with Crippen LogP contribution in [0.15, 0.2) is 23.0 Å². The highest BCUT2D eigenvalue weighted by Gasteiger charge is 2.20. The topological polar surface area (TPSA) is 104 Å². The van der Waals surface area contributed by atoms with Crippen LogP contribution in [-0.2, 0) is 22.5 Å². The molecule has 0 aliphatic carbocycles. The van der Waals surface area contributed by atoms with E-state index < -0.39 is 0 Å². The molecule has 1 amide bonds. The van der Waals surface area contributed by atoms with Crippen LogP contribution in [0.4, 0.5) is 11.6 Å². The average molecular weight is 432 g/mol. The number of nitrogens with one attached hydrogen (secondary N) is 1. The van der Waals surface area contributed by atoms with E-state index in [9.17, 15) is 9.59 Å². The van der Waals surface area contributed by atoms with Gasteiger partial charge in [-0.1, -0.05) is 6.92 Å². The second-order valence-electron chi connectivity index (χ2n) is 6.89. The van der Waals surface area contributed by atoms with Crippen molar-refractivity contribution in [2.75, 3.05) is 57.8 Å². The van der Waals surface area contributed by atoms with Gasteiger partial charge in [0.15, 0.2) is 11.5 Å². The molecule has 2 aromatic rings. The number of hydrogen-bond donors (Lipinski definition) is 1. The first-order chi connectivity index (χ1) is 15.0. The van der Waals surface area contributed by atoms with Crippen molar-refractivity contribution in [3.05, 3.63) is 34.2 Å². The lowest BCUT2D eigenvalue weighted by Crippen LogP contribution is -2.42. The van der Waals surface area contributed by atoms with Gasteiger partial charge in [0.2, 0.25) is 17.6 Å². The summed E-state index contributed by atoms with van der Waals surface area (Å²) in [6.45, 7) is 4.06. The normalized spacial score (nSPS) is 13.6. The summed E-state index contributed by atoms with van der Waals surface area (Å²) < 4.78 is 22.7. The molecule has 0 spiro atoms. The van der Waals surface area contributed by atoms with E-state index in [1.165, 1.54) is 32.0 Å². The van der Waals surface area contributed by atoms with Crippen LogP contribution in [0.3, 0.4) is 0 Å². The number of aromatic nitrogens is 2. The number of anilines is 2. The standard InChI is InChI=1S/C21H28N4O6/c1-5-14-12-19(27)25(21(23-14)24-6-8-31-9-7-24)13-18(26)22-15-10-16(28-2)20(30-4)17(11-15)29-3/h10-12H,5-9,13H2,1-4H3,(H,22,26). The fourth-order valence-electron chi connectivity index (χ4n) is 3.37. The molecule has 1 saturated heterocycles. The zero-order valence-electron chi connectivity index (χ0n) is 18.3. The van der Waals surface area contributed by atoms with Crippen LogP contribution in [0.1, 0.15) is 12.6 Å². The second kappa shape index (κ2) is 10.2. The number of aryl methyl sites for hydroxylation is 1. The first kappa shape index (κ1) is 22.4. The molecule has 31 heavy (non-hydrogen) atoms. The highest BCUT2D eigenvalue weighted by molar-refractivity contribution is 5.91. The maximum Gasteiger partial charge on any atom is 0.255 e. The van der Waals surface area contributed by atoms with Crippen LogP contribution in [0.2, 0.25) is 0 Å². The van der Waals surface area contributed by atoms with Crippen LogP contribution in [0.5, 0.6) is 17.2 Å². The van der Waals surface area contributed by atoms with Crippen LogP contribution < -0.4 is 30.0 Å². The zero-order valence-corrected chi connectivity index (χ0v) is 18.3. The molecule has 0 radical (unpaired) electrons. The highest BCUT2D eigenvalue weighted by Crippen LogP contribution is 2.39. The van der Waals surface area contributed by atoms with Gasteiger partial charge in [0.05, 0.1) is 34.5 Å². The van der Waals surface area contributed by atoms with Crippen molar-refractivity contribution in [2.24, 2.45) is 0 Å². The van der Waals surface area contributed by atoms with Gasteiger partial charge in [0.25, 0.3) is 5.56 Å². The largest absolute Gasteiger partial charge is 0.493 e. The van der Waals surface area contributed by atoms with Gasteiger partial charge in [-0.05, 0) is 6.42 Å². The monoisotopic (exact) mass is 432 g/mol. The number of nitrogens with zero attached hydrogens (tertiary/aromatic N) is 3. The summed E-state index contributed by atoms with van der Waals surface area (Å²) in [6, 6.07) is 4.73. The molecule has 0 saturated carbocycles. The molecular formula is C21H28N4O6. The fraction of sp³-hybridized carbons (Fsp3) is 0.476. The smallest absolute Gasteiger partial charge is 0.255 e. The Morgan fingerprint density at radius 2 is 1.74 bits per heavy atom. The van der Waals surface area contributed by atoms with Gasteiger partial charge in [-0.25, -0.2) is 4.98 Å². The number of rotatable bonds is 8. The number of ether oxygens (including phenoxy) is 4. The molecule has 1 aliphatic rings. The maximum absolute atomic E-state index is 12.8. The number of methoxy groups -OCH3 is 3. The van der Waals surface area contributed by atoms with Crippen LogP contribution >= 0.6 is 0 Å². The zero-order chi connectivity index (χ0) is 22.4. The molecule has 10 nitrogen and oxygen atoms in total. The van der Waals surface area contributed by atoms with E-state index in [1.807, 2.05) is 11.8 Å². The van der Waals surface area contributed by atoms with Crippen LogP contribution in [0, 0.1) is 0 Å². The van der Waals surface area contributed by atoms with Gasteiger partial charge in [-0.3, -0.25) is 14.2 Å². The third-order valence-corrected chi connectivity index (χ3v) is 4.95. The third kappa shape index (κ3) is 5.08. The predicted octanol–water partition coefficient (Wildman–Crippen LogP) is 1.31. The minimum Gasteiger partial charge on any atom is -0.493 e. The number of carbonyl (C=O) groups is 1. The molecule has 1 N–H and O–H groups in total. The van der Waals surface area contributed by atoms with E-state index >= 15 is 0 Å². The van der Waals surface area contributed by atoms with Crippen molar-refractivity contribution >= 4 is 17.5 Å². The predicted molar refractivity (Wildman–Crippen MR) is 116 cm³/mol. The van der Waals surface area contributed by atoms with E-state index in [4.69, 9.17) is 18.9 Å². The van der Waals surface area contributed by atoms with E-state index in [-0.39, 0.29) is 18.0 Å². The first-order valence-corrected chi connectivity index (χ1v) is 10.0. The molecule has 1 aliphatic heterocycles. The van der Waals surface area contributed by atoms with Gasteiger partial charge in [-0.2, -0.15) is 0 Å². The molecule has 0 bridgehead atoms. The number of morpholine rings is 1. The summed E-state index contributed by atoms with van der Waals surface area (Å²) in [7, 11) is 4.50. The summed E-state index contributed by atoms with van der Waals surface area (Å²) >= 11 is 0. The molecule has 1 aromatic carbocycles. The number of hydrogen-bond acceptors (Lipinski definition) is 8. The van der Waals surface area contributed by atoms with Crippen molar-refractivity contribution in [3.8, 4) is 17.2 Å². The molecular weight excluding hydrogens is 404 g/mol. The van der Waals surface area contributed by atoms with Crippen molar-refractivity contribution in [2.45, 2.75) is 19.9 Å². The van der Waals surface area contributed by atoms with E-state index in [0.717, 1.165) is 0 Å². The van der Waals surface area contributed by atoms with Gasteiger partial charge < -0.3 is 29.2 Å². The lowest BCUT2D eigenvalue weighted by Gasteiger charge is -2.29. The highest BCUT2D eigenvalue weighted by atomic mass is 16.5. The quantitative estimate of drug-likeness (QED) is 0.666. The van der Waals surface area contributed by atoms with Crippen molar-refractivity contribution < 1.29 is 23.7 Å². The van der Waals surface area contributed by atoms with Gasteiger partial charge in [0.1, 0.15) is 6.54 Å². The summed E-state index contributed by atoms with van der Waals surface area (Å²) in [5, 5.41) is 2.79. The molecule has 0 atom stereocenters. The van der Waals surface area contributed by atoms with Gasteiger partial charge in [0, 0.05) is 42.7 Å². The Morgan fingerprint density at radius 1 is 1.10 bits per heavy atom. The van der Waals surface area contributed by atoms with Crippen molar-refractivity contribution in [1.29, 1.82) is 0 Å². The Labute approximate surface area is 180 Å². The van der Waals surface area contributed by atoms with Crippen molar-refractivity contribution in [3.63, 3.8) is 0 Å². The summed E-state index contributed by atoms with van der Waals surface area (Å²) in [6.07, 6.45) is 0.630. The molecule has 10 heteroatoms. The van der Waals surface area contributed by atoms with Gasteiger partial charge >= 0.3 is 0 Å². The Kier molecular flexibility index (Phi) is 7.35. The summed E-state index contributed by atoms with van der Waals surface area (Å²) in [4.78, 5) is 32.2. The summed E-state index contributed by atoms with van der Waals surface area (Å²) in [5.74, 6) is 1.35. The maximum atomic E-state index is 12.8. The Morgan fingerprint density at radius 3 is 2.29 bits per heavy atom. The number of carbonyl (C=O) groups excluding carboxylic acids is 1. The fourth-order valence-corrected chi connectivity index (χ4v) is 3.37. The number of amides is 1. The Balaban J connectivity index is 1.87. The first-order valence-electron chi connectivity index (χ1n) is 10.0. The molecule has 2 heterocycles. The van der Waals surface area contributed by atoms with E-state index in [0.29, 0.717) is 67.3 Å². The van der Waals surface area contributed by atoms with Crippen molar-refractivity contribution in [1.82, 2.24) is 9.55 Å². The molecule has 1 aromatic heterocycles. The second-order valence-corrected chi connectivity index (χ2v) is 6.89. The lowest BCUT2D eigenvalue weighted by atomic mass is 10.2. The summed E-state index contributed by atoms with van der Waals surface area (Å²) in [5.41, 5.74) is 0.875. The van der Waals surface area contributed by atoms with E-state index in [1.54, 1.807) is 12.1 Å². The van der Waals surface area contributed by atoms with Crippen LogP contribution in [-0.4, -0.2) is 63.1 Å². The minimum atomic E-state index is -0.378. The average Bonchev–Trinajstić information content (AvgIpc) is 2.79. The van der Waals surface area contributed by atoms with Crippen LogP contribution in [0.25, 0.3) is 0 Å². The molecule has 168 valence electrons. The Bertz CT molecular complexity index is 959. The molecule has 1 fully saturated rings. The third-order valence-electron chi connectivity index (χ3n) is 4.95. The molecule has 3 rings (SSSR count). The van der Waals surface area contributed by atoms with E-state index in [2.05, 4.69) is 10.3 Å². The lowest BCUT2D eigenvalue weighted by molar-refractivity contribution is -0.116. The van der Waals surface area contributed by atoms with Gasteiger partial charge in [-0.15, -0.1) is 0 Å². The molecule has 0 unspecified atom stereocenters. The SMILES string of the molecule is CCc1cc(=O)n(CC(=O)Nc2cc(OC)c(OC)c(OC)c2)c(N2CCOCC2)n1. The Hall–Kier alpha value is -3.27. The minimum absolute atomic E-state index is 0.181. The number of benzene rings is 1.